The van der Waals surface area contributed by atoms with Crippen molar-refractivity contribution in [1.29, 1.82) is 0 Å². The Morgan fingerprint density at radius 1 is 1.00 bits per heavy atom. The fourth-order valence-electron chi connectivity index (χ4n) is 0.708. The predicted molar refractivity (Wildman–Crippen MR) is 50.9 cm³/mol. The van der Waals surface area contributed by atoms with Crippen molar-refractivity contribution in [2.75, 3.05) is 13.2 Å². The van der Waals surface area contributed by atoms with Crippen LogP contribution in [0.2, 0.25) is 0 Å². The third-order valence-electron chi connectivity index (χ3n) is 1.54. The van der Waals surface area contributed by atoms with E-state index in [-0.39, 0.29) is 19.2 Å². The van der Waals surface area contributed by atoms with Crippen molar-refractivity contribution < 1.29 is 19.3 Å². The predicted octanol–water partition coefficient (Wildman–Crippen LogP) is -2.61. The number of hydrogen-bond acceptors (Lipinski definition) is 6. The molecule has 8 nitrogen and oxygen atoms in total. The smallest absolute Gasteiger partial charge is 0.262 e. The normalized spacial score (nSPS) is 28.4. The van der Waals surface area contributed by atoms with Crippen LogP contribution < -0.4 is 22.4 Å². The number of amides is 2. The Morgan fingerprint density at radius 2 is 1.33 bits per heavy atom. The van der Waals surface area contributed by atoms with Gasteiger partial charge in [0, 0.05) is 0 Å². The lowest BCUT2D eigenvalue weighted by Gasteiger charge is -1.87. The Balaban J connectivity index is 0.000000245. The van der Waals surface area contributed by atoms with Crippen LogP contribution in [0.25, 0.3) is 0 Å². The van der Waals surface area contributed by atoms with Crippen molar-refractivity contribution in [3.63, 3.8) is 0 Å². The molecule has 2 fully saturated rings. The van der Waals surface area contributed by atoms with Crippen molar-refractivity contribution in [1.82, 2.24) is 11.0 Å². The quantitative estimate of drug-likeness (QED) is 0.354. The topological polar surface area (TPSA) is 129 Å². The van der Waals surface area contributed by atoms with Gasteiger partial charge >= 0.3 is 0 Å². The van der Waals surface area contributed by atoms with E-state index in [0.717, 1.165) is 0 Å². The highest BCUT2D eigenvalue weighted by Gasteiger charge is 2.20. The molecule has 15 heavy (non-hydrogen) atoms. The molecule has 0 unspecified atom stereocenters. The molecule has 88 valence electrons. The van der Waals surface area contributed by atoms with Crippen LogP contribution in [0.15, 0.2) is 0 Å². The average Bonchev–Trinajstić information content (AvgIpc) is 2.67. The van der Waals surface area contributed by atoms with Gasteiger partial charge in [0.15, 0.2) is 0 Å². The van der Waals surface area contributed by atoms with E-state index < -0.39 is 12.1 Å². The lowest BCUT2D eigenvalue weighted by atomic mass is 10.3. The van der Waals surface area contributed by atoms with Crippen LogP contribution in [-0.2, 0) is 19.3 Å². The van der Waals surface area contributed by atoms with Crippen LogP contribution in [0.4, 0.5) is 0 Å². The minimum Gasteiger partial charge on any atom is -0.318 e. The molecule has 2 rings (SSSR count). The number of hydrogen-bond donors (Lipinski definition) is 4. The van der Waals surface area contributed by atoms with Crippen LogP contribution in [0.1, 0.15) is 7.43 Å². The molecule has 2 amide bonds. The monoisotopic (exact) mass is 220 g/mol. The highest BCUT2D eigenvalue weighted by Crippen LogP contribution is 1.87. The Bertz CT molecular complexity index is 211. The van der Waals surface area contributed by atoms with Gasteiger partial charge in [0.05, 0.1) is 13.2 Å². The summed E-state index contributed by atoms with van der Waals surface area (Å²) in [6, 6.07) is -0.917. The zero-order chi connectivity index (χ0) is 10.6. The zero-order valence-corrected chi connectivity index (χ0v) is 7.36. The van der Waals surface area contributed by atoms with E-state index in [1.807, 2.05) is 0 Å². The summed E-state index contributed by atoms with van der Waals surface area (Å²) in [6.07, 6.45) is 0. The maximum Gasteiger partial charge on any atom is 0.262 e. The lowest BCUT2D eigenvalue weighted by Crippen LogP contribution is -2.31. The third-order valence-corrected chi connectivity index (χ3v) is 1.54. The Hall–Kier alpha value is -1.22. The summed E-state index contributed by atoms with van der Waals surface area (Å²) in [5.74, 6) is -0.472. The van der Waals surface area contributed by atoms with Gasteiger partial charge in [0.25, 0.3) is 11.8 Å². The second-order valence-electron chi connectivity index (χ2n) is 2.77. The van der Waals surface area contributed by atoms with Crippen LogP contribution in [0, 0.1) is 0 Å². The molecule has 6 N–H and O–H groups in total. The second-order valence-corrected chi connectivity index (χ2v) is 2.77. The summed E-state index contributed by atoms with van der Waals surface area (Å²) in [7, 11) is 0. The summed E-state index contributed by atoms with van der Waals surface area (Å²) >= 11 is 0. The molecule has 0 saturated carbocycles. The van der Waals surface area contributed by atoms with Crippen LogP contribution >= 0.6 is 0 Å². The van der Waals surface area contributed by atoms with Crippen molar-refractivity contribution >= 4 is 11.8 Å². The second kappa shape index (κ2) is 6.30. The molecule has 2 aliphatic rings. The zero-order valence-electron chi connectivity index (χ0n) is 7.36. The molecule has 0 aromatic carbocycles. The van der Waals surface area contributed by atoms with E-state index >= 15 is 0 Å². The number of rotatable bonds is 0. The van der Waals surface area contributed by atoms with E-state index in [0.29, 0.717) is 13.2 Å². The molecule has 0 aromatic heterocycles. The molecule has 2 heterocycles. The van der Waals surface area contributed by atoms with Crippen LogP contribution in [-0.4, -0.2) is 37.1 Å². The van der Waals surface area contributed by atoms with Gasteiger partial charge in [-0.3, -0.25) is 19.3 Å². The molecule has 0 spiro atoms. The Kier molecular flexibility index (Phi) is 5.79. The average molecular weight is 220 g/mol. The lowest BCUT2D eigenvalue weighted by molar-refractivity contribution is -0.125. The summed E-state index contributed by atoms with van der Waals surface area (Å²) in [6.45, 7) is 0.581. The van der Waals surface area contributed by atoms with Gasteiger partial charge in [-0.15, -0.1) is 0 Å². The largest absolute Gasteiger partial charge is 0.318 e. The molecule has 2 aliphatic heterocycles. The van der Waals surface area contributed by atoms with E-state index in [1.54, 1.807) is 0 Å². The molecular formula is C7H16N4O4. The van der Waals surface area contributed by atoms with E-state index in [1.165, 1.54) is 0 Å². The molecule has 0 aromatic rings. The first-order chi connectivity index (χ1) is 6.61. The number of hydroxylamine groups is 2. The Morgan fingerprint density at radius 3 is 1.40 bits per heavy atom. The minimum absolute atomic E-state index is 0. The van der Waals surface area contributed by atoms with Gasteiger partial charge in [0.2, 0.25) is 0 Å². The number of nitrogens with two attached hydrogens (primary N) is 2. The fourth-order valence-corrected chi connectivity index (χ4v) is 0.708. The molecular weight excluding hydrogens is 204 g/mol. The standard InChI is InChI=1S/2C3H6N2O2.CH4/c2*4-2-1-7-5-3(2)6;/h2*2H,1,4H2,(H,5,6);1H4/t2*2-;/m10./s1. The van der Waals surface area contributed by atoms with Crippen molar-refractivity contribution in [2.45, 2.75) is 19.5 Å². The van der Waals surface area contributed by atoms with Gasteiger partial charge < -0.3 is 11.5 Å². The maximum atomic E-state index is 10.2. The third kappa shape index (κ3) is 4.21. The van der Waals surface area contributed by atoms with Crippen LogP contribution in [0.5, 0.6) is 0 Å². The number of carbonyl (C=O) groups excluding carboxylic acids is 2. The number of nitrogens with one attached hydrogen (secondary N) is 2. The van der Waals surface area contributed by atoms with E-state index in [9.17, 15) is 9.59 Å². The van der Waals surface area contributed by atoms with Gasteiger partial charge in [-0.1, -0.05) is 7.43 Å². The molecule has 0 bridgehead atoms. The van der Waals surface area contributed by atoms with Crippen molar-refractivity contribution in [2.24, 2.45) is 11.5 Å². The SMILES string of the molecule is C.N[C@@H]1CONC1=O.N[C@H]1CONC1=O. The van der Waals surface area contributed by atoms with Gasteiger partial charge in [0.1, 0.15) is 12.1 Å². The van der Waals surface area contributed by atoms with E-state index in [2.05, 4.69) is 20.6 Å². The number of carbonyl (C=O) groups is 2. The first kappa shape index (κ1) is 13.8. The van der Waals surface area contributed by atoms with Gasteiger partial charge in [-0.2, -0.15) is 0 Å². The first-order valence-corrected chi connectivity index (χ1v) is 3.95. The highest BCUT2D eigenvalue weighted by atomic mass is 16.7. The van der Waals surface area contributed by atoms with Crippen molar-refractivity contribution in [3.05, 3.63) is 0 Å². The summed E-state index contributed by atoms with van der Waals surface area (Å²) in [5, 5.41) is 0. The molecule has 2 atom stereocenters. The summed E-state index contributed by atoms with van der Waals surface area (Å²) < 4.78 is 0. The molecule has 0 radical (unpaired) electrons. The van der Waals surface area contributed by atoms with Gasteiger partial charge in [-0.25, -0.2) is 11.0 Å². The molecule has 8 heteroatoms. The first-order valence-electron chi connectivity index (χ1n) is 3.95. The van der Waals surface area contributed by atoms with Crippen LogP contribution in [0.3, 0.4) is 0 Å². The van der Waals surface area contributed by atoms with Crippen molar-refractivity contribution in [3.8, 4) is 0 Å². The highest BCUT2D eigenvalue weighted by molar-refractivity contribution is 5.82. The summed E-state index contributed by atoms with van der Waals surface area (Å²) in [4.78, 5) is 29.3. The van der Waals surface area contributed by atoms with E-state index in [4.69, 9.17) is 11.5 Å². The Labute approximate surface area is 87.2 Å². The fraction of sp³-hybridized carbons (Fsp3) is 0.714. The summed E-state index contributed by atoms with van der Waals surface area (Å²) in [5.41, 5.74) is 14.5. The molecule has 2 saturated heterocycles. The van der Waals surface area contributed by atoms with Gasteiger partial charge in [-0.05, 0) is 0 Å². The minimum atomic E-state index is -0.458. The molecule has 0 aliphatic carbocycles. The maximum absolute atomic E-state index is 10.2.